The van der Waals surface area contributed by atoms with Crippen LogP contribution in [0.25, 0.3) is 0 Å². The lowest BCUT2D eigenvalue weighted by atomic mass is 10.2. The van der Waals surface area contributed by atoms with Crippen molar-refractivity contribution in [3.63, 3.8) is 0 Å². The molecule has 0 fully saturated rings. The number of rotatable bonds is 7. The second kappa shape index (κ2) is 9.28. The maximum absolute atomic E-state index is 11.6. The van der Waals surface area contributed by atoms with Crippen LogP contribution in [-0.2, 0) is 9.53 Å². The number of methoxy groups -OCH3 is 1. The van der Waals surface area contributed by atoms with Crippen molar-refractivity contribution in [3.8, 4) is 6.07 Å². The molecule has 102 valence electrons. The van der Waals surface area contributed by atoms with E-state index in [4.69, 9.17) is 5.26 Å². The normalized spacial score (nSPS) is 11.2. The van der Waals surface area contributed by atoms with Gasteiger partial charge >= 0.3 is 12.0 Å². The highest BCUT2D eigenvalue weighted by molar-refractivity contribution is 5.73. The first-order chi connectivity index (χ1) is 8.51. The van der Waals surface area contributed by atoms with Gasteiger partial charge in [0, 0.05) is 26.6 Å². The molecule has 1 unspecified atom stereocenters. The molecule has 0 aliphatic carbocycles. The zero-order chi connectivity index (χ0) is 14.0. The Morgan fingerprint density at radius 3 is 2.67 bits per heavy atom. The standard InChI is InChI=1S/C12H21N3O3/c1-10(8-13)9-15(2)12(17)14-7-5-4-6-11(16)18-3/h10H,4-7,9H2,1-3H3,(H,14,17). The van der Waals surface area contributed by atoms with Crippen LogP contribution in [0, 0.1) is 17.2 Å². The van der Waals surface area contributed by atoms with Crippen molar-refractivity contribution in [1.29, 1.82) is 5.26 Å². The highest BCUT2D eigenvalue weighted by Gasteiger charge is 2.11. The monoisotopic (exact) mass is 255 g/mol. The molecule has 2 amide bonds. The summed E-state index contributed by atoms with van der Waals surface area (Å²) >= 11 is 0. The molecule has 0 saturated carbocycles. The summed E-state index contributed by atoms with van der Waals surface area (Å²) < 4.78 is 4.51. The Balaban J connectivity index is 3.65. The summed E-state index contributed by atoms with van der Waals surface area (Å²) in [5, 5.41) is 11.4. The Morgan fingerprint density at radius 2 is 2.11 bits per heavy atom. The number of carbonyl (C=O) groups is 2. The summed E-state index contributed by atoms with van der Waals surface area (Å²) in [7, 11) is 3.01. The first kappa shape index (κ1) is 16.2. The molecule has 0 heterocycles. The predicted octanol–water partition coefficient (Wildman–Crippen LogP) is 1.13. The molecule has 0 rings (SSSR count). The largest absolute Gasteiger partial charge is 0.469 e. The van der Waals surface area contributed by atoms with Gasteiger partial charge in [0.15, 0.2) is 0 Å². The van der Waals surface area contributed by atoms with Crippen LogP contribution in [0.15, 0.2) is 0 Å². The summed E-state index contributed by atoms with van der Waals surface area (Å²) in [5.41, 5.74) is 0. The van der Waals surface area contributed by atoms with E-state index >= 15 is 0 Å². The van der Waals surface area contributed by atoms with Gasteiger partial charge in [-0.3, -0.25) is 4.79 Å². The molecule has 0 radical (unpaired) electrons. The van der Waals surface area contributed by atoms with Gasteiger partial charge in [-0.2, -0.15) is 5.26 Å². The molecule has 0 aromatic heterocycles. The topological polar surface area (TPSA) is 82.4 Å². The van der Waals surface area contributed by atoms with Crippen LogP contribution in [0.3, 0.4) is 0 Å². The molecular formula is C12H21N3O3. The van der Waals surface area contributed by atoms with Gasteiger partial charge in [-0.1, -0.05) is 0 Å². The van der Waals surface area contributed by atoms with E-state index in [0.29, 0.717) is 25.9 Å². The van der Waals surface area contributed by atoms with Crippen molar-refractivity contribution in [1.82, 2.24) is 10.2 Å². The van der Waals surface area contributed by atoms with E-state index in [9.17, 15) is 9.59 Å². The summed E-state index contributed by atoms with van der Waals surface area (Å²) in [6, 6.07) is 1.87. The number of unbranched alkanes of at least 4 members (excludes halogenated alkanes) is 1. The first-order valence-corrected chi connectivity index (χ1v) is 5.96. The third kappa shape index (κ3) is 7.49. The Labute approximate surface area is 108 Å². The van der Waals surface area contributed by atoms with E-state index in [1.807, 2.05) is 0 Å². The Hall–Kier alpha value is -1.77. The lowest BCUT2D eigenvalue weighted by Crippen LogP contribution is -2.39. The lowest BCUT2D eigenvalue weighted by molar-refractivity contribution is -0.140. The molecule has 1 atom stereocenters. The number of nitriles is 1. The average molecular weight is 255 g/mol. The lowest BCUT2D eigenvalue weighted by Gasteiger charge is -2.18. The zero-order valence-corrected chi connectivity index (χ0v) is 11.2. The minimum Gasteiger partial charge on any atom is -0.469 e. The fourth-order valence-corrected chi connectivity index (χ4v) is 1.36. The van der Waals surface area contributed by atoms with E-state index in [2.05, 4.69) is 16.1 Å². The molecule has 0 spiro atoms. The third-order valence-electron chi connectivity index (χ3n) is 2.43. The number of nitrogens with zero attached hydrogens (tertiary/aromatic N) is 2. The number of hydrogen-bond acceptors (Lipinski definition) is 4. The van der Waals surface area contributed by atoms with Crippen LogP contribution in [0.4, 0.5) is 4.79 Å². The van der Waals surface area contributed by atoms with Crippen LogP contribution < -0.4 is 5.32 Å². The number of ether oxygens (including phenoxy) is 1. The van der Waals surface area contributed by atoms with Gasteiger partial charge < -0.3 is 15.0 Å². The molecule has 1 N–H and O–H groups in total. The Bertz CT molecular complexity index is 312. The molecule has 0 bridgehead atoms. The molecule has 6 heteroatoms. The van der Waals surface area contributed by atoms with Gasteiger partial charge in [-0.25, -0.2) is 4.79 Å². The van der Waals surface area contributed by atoms with Gasteiger partial charge in [0.1, 0.15) is 0 Å². The Kier molecular flexibility index (Phi) is 8.37. The number of carbonyl (C=O) groups excluding carboxylic acids is 2. The summed E-state index contributed by atoms with van der Waals surface area (Å²) in [5.74, 6) is -0.415. The van der Waals surface area contributed by atoms with Crippen LogP contribution in [0.5, 0.6) is 0 Å². The first-order valence-electron chi connectivity index (χ1n) is 5.96. The van der Waals surface area contributed by atoms with E-state index in [0.717, 1.165) is 6.42 Å². The van der Waals surface area contributed by atoms with Crippen molar-refractivity contribution in [2.24, 2.45) is 5.92 Å². The van der Waals surface area contributed by atoms with E-state index < -0.39 is 0 Å². The molecule has 0 aromatic rings. The minimum atomic E-state index is -0.235. The van der Waals surface area contributed by atoms with E-state index in [1.165, 1.54) is 12.0 Å². The summed E-state index contributed by atoms with van der Waals surface area (Å²) in [6.45, 7) is 2.69. The second-order valence-corrected chi connectivity index (χ2v) is 4.18. The minimum absolute atomic E-state index is 0.180. The molecule has 0 aliphatic heterocycles. The number of hydrogen-bond donors (Lipinski definition) is 1. The predicted molar refractivity (Wildman–Crippen MR) is 66.7 cm³/mol. The summed E-state index contributed by atoms with van der Waals surface area (Å²) in [4.78, 5) is 23.9. The van der Waals surface area contributed by atoms with E-state index in [-0.39, 0.29) is 17.9 Å². The molecule has 0 aliphatic rings. The van der Waals surface area contributed by atoms with Gasteiger partial charge in [-0.15, -0.1) is 0 Å². The second-order valence-electron chi connectivity index (χ2n) is 4.18. The molecule has 0 saturated heterocycles. The van der Waals surface area contributed by atoms with Gasteiger partial charge in [-0.05, 0) is 19.8 Å². The van der Waals surface area contributed by atoms with E-state index in [1.54, 1.807) is 14.0 Å². The van der Waals surface area contributed by atoms with Crippen molar-refractivity contribution >= 4 is 12.0 Å². The molecule has 6 nitrogen and oxygen atoms in total. The molecule has 18 heavy (non-hydrogen) atoms. The average Bonchev–Trinajstić information content (AvgIpc) is 2.37. The molecule has 0 aromatic carbocycles. The van der Waals surface area contributed by atoms with Crippen LogP contribution in [-0.4, -0.2) is 44.1 Å². The SMILES string of the molecule is COC(=O)CCCCNC(=O)N(C)CC(C)C#N. The third-order valence-corrected chi connectivity index (χ3v) is 2.43. The summed E-state index contributed by atoms with van der Waals surface area (Å²) in [6.07, 6.45) is 1.78. The maximum atomic E-state index is 11.6. The highest BCUT2D eigenvalue weighted by atomic mass is 16.5. The van der Waals surface area contributed by atoms with Crippen LogP contribution in [0.2, 0.25) is 0 Å². The highest BCUT2D eigenvalue weighted by Crippen LogP contribution is 1.98. The number of esters is 1. The van der Waals surface area contributed by atoms with Gasteiger partial charge in [0.25, 0.3) is 0 Å². The Morgan fingerprint density at radius 1 is 1.44 bits per heavy atom. The number of amides is 2. The number of nitrogens with one attached hydrogen (secondary N) is 1. The van der Waals surface area contributed by atoms with Gasteiger partial charge in [0.05, 0.1) is 19.1 Å². The zero-order valence-electron chi connectivity index (χ0n) is 11.2. The van der Waals surface area contributed by atoms with Gasteiger partial charge in [0.2, 0.25) is 0 Å². The van der Waals surface area contributed by atoms with Crippen molar-refractivity contribution in [2.45, 2.75) is 26.2 Å². The van der Waals surface area contributed by atoms with Crippen molar-refractivity contribution in [2.75, 3.05) is 27.2 Å². The fraction of sp³-hybridized carbons (Fsp3) is 0.750. The smallest absolute Gasteiger partial charge is 0.317 e. The van der Waals surface area contributed by atoms with Crippen molar-refractivity contribution in [3.05, 3.63) is 0 Å². The number of urea groups is 1. The molecular weight excluding hydrogens is 234 g/mol. The van der Waals surface area contributed by atoms with Crippen LogP contribution in [0.1, 0.15) is 26.2 Å². The van der Waals surface area contributed by atoms with Crippen molar-refractivity contribution < 1.29 is 14.3 Å². The maximum Gasteiger partial charge on any atom is 0.317 e. The van der Waals surface area contributed by atoms with Crippen LogP contribution >= 0.6 is 0 Å². The fourth-order valence-electron chi connectivity index (χ4n) is 1.36. The quantitative estimate of drug-likeness (QED) is 0.546.